The minimum Gasteiger partial charge on any atom is -0.271 e. The van der Waals surface area contributed by atoms with Gasteiger partial charge in [0.05, 0.1) is 6.04 Å². The number of hydrogen-bond acceptors (Lipinski definition) is 3. The van der Waals surface area contributed by atoms with Crippen molar-refractivity contribution < 1.29 is 0 Å². The minimum atomic E-state index is -0.0574. The highest BCUT2D eigenvalue weighted by Gasteiger charge is 2.15. The molecule has 4 heteroatoms. The van der Waals surface area contributed by atoms with Gasteiger partial charge in [-0.05, 0) is 30.2 Å². The summed E-state index contributed by atoms with van der Waals surface area (Å²) in [6, 6.07) is 10.1. The Hall–Kier alpha value is -1.23. The van der Waals surface area contributed by atoms with Gasteiger partial charge in [-0.3, -0.25) is 10.8 Å². The fraction of sp³-hybridized carbons (Fsp3) is 0.154. The maximum atomic E-state index is 5.66. The maximum absolute atomic E-state index is 5.66. The van der Waals surface area contributed by atoms with Gasteiger partial charge in [-0.15, -0.1) is 0 Å². The number of rotatable bonds is 3. The first-order valence-corrected chi connectivity index (χ1v) is 6.14. The van der Waals surface area contributed by atoms with Gasteiger partial charge in [-0.2, -0.15) is 0 Å². The Balaban J connectivity index is 2.46. The summed E-state index contributed by atoms with van der Waals surface area (Å²) >= 11 is 3.55. The van der Waals surface area contributed by atoms with Crippen LogP contribution in [0.1, 0.15) is 22.7 Å². The SMILES string of the molecule is Cc1ccc(Br)c(C(NN)c2cccnc2)c1. The van der Waals surface area contributed by atoms with E-state index in [2.05, 4.69) is 45.4 Å². The summed E-state index contributed by atoms with van der Waals surface area (Å²) in [6.45, 7) is 2.06. The number of benzene rings is 1. The number of pyridine rings is 1. The van der Waals surface area contributed by atoms with E-state index in [1.807, 2.05) is 24.4 Å². The van der Waals surface area contributed by atoms with Crippen molar-refractivity contribution in [3.8, 4) is 0 Å². The lowest BCUT2D eigenvalue weighted by atomic mass is 9.99. The van der Waals surface area contributed by atoms with Gasteiger partial charge in [-0.1, -0.05) is 39.7 Å². The van der Waals surface area contributed by atoms with Crippen LogP contribution in [-0.2, 0) is 0 Å². The molecule has 1 unspecified atom stereocenters. The zero-order valence-corrected chi connectivity index (χ0v) is 11.1. The van der Waals surface area contributed by atoms with Crippen molar-refractivity contribution >= 4 is 15.9 Å². The fourth-order valence-corrected chi connectivity index (χ4v) is 2.27. The molecule has 1 heterocycles. The summed E-state index contributed by atoms with van der Waals surface area (Å²) in [4.78, 5) is 4.12. The molecule has 1 atom stereocenters. The predicted molar refractivity (Wildman–Crippen MR) is 72.3 cm³/mol. The smallest absolute Gasteiger partial charge is 0.0735 e. The average Bonchev–Trinajstić information content (AvgIpc) is 2.36. The number of halogens is 1. The number of nitrogens with two attached hydrogens (primary N) is 1. The lowest BCUT2D eigenvalue weighted by Gasteiger charge is -2.18. The summed E-state index contributed by atoms with van der Waals surface area (Å²) in [5.74, 6) is 5.66. The van der Waals surface area contributed by atoms with E-state index in [9.17, 15) is 0 Å². The Morgan fingerprint density at radius 3 is 2.82 bits per heavy atom. The molecule has 0 aliphatic heterocycles. The first kappa shape index (κ1) is 12.2. The molecule has 1 aromatic heterocycles. The van der Waals surface area contributed by atoms with E-state index in [1.165, 1.54) is 5.56 Å². The second kappa shape index (κ2) is 5.40. The molecule has 3 N–H and O–H groups in total. The first-order valence-electron chi connectivity index (χ1n) is 5.34. The molecule has 0 radical (unpaired) electrons. The van der Waals surface area contributed by atoms with E-state index in [4.69, 9.17) is 5.84 Å². The maximum Gasteiger partial charge on any atom is 0.0735 e. The molecule has 0 spiro atoms. The van der Waals surface area contributed by atoms with Gasteiger partial charge < -0.3 is 0 Å². The van der Waals surface area contributed by atoms with Gasteiger partial charge in [0.1, 0.15) is 0 Å². The van der Waals surface area contributed by atoms with Gasteiger partial charge in [-0.25, -0.2) is 5.43 Å². The van der Waals surface area contributed by atoms with Crippen molar-refractivity contribution in [1.82, 2.24) is 10.4 Å². The van der Waals surface area contributed by atoms with Crippen molar-refractivity contribution in [1.29, 1.82) is 0 Å². The van der Waals surface area contributed by atoms with Crippen LogP contribution < -0.4 is 11.3 Å². The van der Waals surface area contributed by atoms with Crippen molar-refractivity contribution in [2.75, 3.05) is 0 Å². The number of aromatic nitrogens is 1. The van der Waals surface area contributed by atoms with E-state index < -0.39 is 0 Å². The second-order valence-corrected chi connectivity index (χ2v) is 4.77. The Labute approximate surface area is 109 Å². The topological polar surface area (TPSA) is 50.9 Å². The van der Waals surface area contributed by atoms with Crippen LogP contribution in [0.25, 0.3) is 0 Å². The summed E-state index contributed by atoms with van der Waals surface area (Å²) in [6.07, 6.45) is 3.57. The molecule has 0 saturated heterocycles. The molecule has 3 nitrogen and oxygen atoms in total. The molecule has 0 amide bonds. The zero-order valence-electron chi connectivity index (χ0n) is 9.52. The molecule has 0 aliphatic carbocycles. The molecule has 17 heavy (non-hydrogen) atoms. The number of hydrogen-bond donors (Lipinski definition) is 2. The summed E-state index contributed by atoms with van der Waals surface area (Å²) in [5, 5.41) is 0. The van der Waals surface area contributed by atoms with Crippen molar-refractivity contribution in [3.63, 3.8) is 0 Å². The van der Waals surface area contributed by atoms with Gasteiger partial charge in [0, 0.05) is 16.9 Å². The number of nitrogens with zero attached hydrogens (tertiary/aromatic N) is 1. The second-order valence-electron chi connectivity index (χ2n) is 3.91. The van der Waals surface area contributed by atoms with Gasteiger partial charge >= 0.3 is 0 Å². The van der Waals surface area contributed by atoms with Crippen LogP contribution in [0.3, 0.4) is 0 Å². The fourth-order valence-electron chi connectivity index (χ4n) is 1.80. The molecule has 1 aromatic carbocycles. The molecular formula is C13H14BrN3. The van der Waals surface area contributed by atoms with Crippen LogP contribution in [0, 0.1) is 6.92 Å². The normalized spacial score (nSPS) is 12.4. The molecule has 0 fully saturated rings. The first-order chi connectivity index (χ1) is 8.22. The van der Waals surface area contributed by atoms with Gasteiger partial charge in [0.25, 0.3) is 0 Å². The standard InChI is InChI=1S/C13H14BrN3/c1-9-4-5-12(14)11(7-9)13(17-15)10-3-2-6-16-8-10/h2-8,13,17H,15H2,1H3. The molecule has 0 bridgehead atoms. The molecule has 0 aliphatic rings. The number of nitrogens with one attached hydrogen (secondary N) is 1. The number of aryl methyl sites for hydroxylation is 1. The summed E-state index contributed by atoms with van der Waals surface area (Å²) in [7, 11) is 0. The third-order valence-corrected chi connectivity index (χ3v) is 3.37. The lowest BCUT2D eigenvalue weighted by molar-refractivity contribution is 0.632. The van der Waals surface area contributed by atoms with E-state index in [-0.39, 0.29) is 6.04 Å². The van der Waals surface area contributed by atoms with E-state index in [0.717, 1.165) is 15.6 Å². The molecule has 2 aromatic rings. The quantitative estimate of drug-likeness (QED) is 0.675. The van der Waals surface area contributed by atoms with E-state index in [1.54, 1.807) is 6.20 Å². The predicted octanol–water partition coefficient (Wildman–Crippen LogP) is 2.71. The third-order valence-electron chi connectivity index (χ3n) is 2.65. The summed E-state index contributed by atoms with van der Waals surface area (Å²) in [5.41, 5.74) is 6.19. The highest BCUT2D eigenvalue weighted by Crippen LogP contribution is 2.28. The van der Waals surface area contributed by atoms with Crippen LogP contribution in [0.5, 0.6) is 0 Å². The molecule has 0 saturated carbocycles. The van der Waals surface area contributed by atoms with Gasteiger partial charge in [0.15, 0.2) is 0 Å². The van der Waals surface area contributed by atoms with E-state index >= 15 is 0 Å². The molecule has 2 rings (SSSR count). The van der Waals surface area contributed by atoms with Crippen molar-refractivity contribution in [2.24, 2.45) is 5.84 Å². The van der Waals surface area contributed by atoms with Crippen LogP contribution in [0.2, 0.25) is 0 Å². The Bertz CT molecular complexity index is 499. The highest BCUT2D eigenvalue weighted by molar-refractivity contribution is 9.10. The third kappa shape index (κ3) is 2.72. The Morgan fingerprint density at radius 2 is 2.18 bits per heavy atom. The van der Waals surface area contributed by atoms with Crippen LogP contribution in [0.15, 0.2) is 47.2 Å². The van der Waals surface area contributed by atoms with Gasteiger partial charge in [0.2, 0.25) is 0 Å². The molecular weight excluding hydrogens is 278 g/mol. The highest BCUT2D eigenvalue weighted by atomic mass is 79.9. The average molecular weight is 292 g/mol. The molecule has 88 valence electrons. The number of hydrazine groups is 1. The van der Waals surface area contributed by atoms with Crippen molar-refractivity contribution in [3.05, 3.63) is 63.9 Å². The zero-order chi connectivity index (χ0) is 12.3. The van der Waals surface area contributed by atoms with Crippen LogP contribution >= 0.6 is 15.9 Å². The van der Waals surface area contributed by atoms with Crippen molar-refractivity contribution in [2.45, 2.75) is 13.0 Å². The minimum absolute atomic E-state index is 0.0574. The monoisotopic (exact) mass is 291 g/mol. The van der Waals surface area contributed by atoms with Crippen LogP contribution in [-0.4, -0.2) is 4.98 Å². The lowest BCUT2D eigenvalue weighted by Crippen LogP contribution is -2.29. The Kier molecular flexibility index (Phi) is 3.89. The summed E-state index contributed by atoms with van der Waals surface area (Å²) < 4.78 is 1.04. The Morgan fingerprint density at radius 1 is 1.35 bits per heavy atom. The van der Waals surface area contributed by atoms with E-state index in [0.29, 0.717) is 0 Å². The van der Waals surface area contributed by atoms with Crippen LogP contribution in [0.4, 0.5) is 0 Å². The largest absolute Gasteiger partial charge is 0.271 e.